The monoisotopic (exact) mass is 503 g/mol. The molecule has 1 fully saturated rings. The number of methoxy groups -OCH3 is 2. The van der Waals surface area contributed by atoms with E-state index in [1.54, 1.807) is 23.1 Å². The minimum absolute atomic E-state index is 0.0548. The van der Waals surface area contributed by atoms with E-state index in [1.807, 2.05) is 0 Å². The van der Waals surface area contributed by atoms with Crippen molar-refractivity contribution >= 4 is 17.3 Å². The fourth-order valence-corrected chi connectivity index (χ4v) is 4.46. The maximum atomic E-state index is 13.7. The first-order chi connectivity index (χ1) is 17.4. The molecule has 36 heavy (non-hydrogen) atoms. The molecule has 0 aliphatic carbocycles. The Morgan fingerprint density at radius 3 is 2.44 bits per heavy atom. The lowest BCUT2D eigenvalue weighted by Gasteiger charge is -2.20. The van der Waals surface area contributed by atoms with Gasteiger partial charge in [0, 0.05) is 13.1 Å². The van der Waals surface area contributed by atoms with Gasteiger partial charge in [0.05, 0.1) is 37.7 Å². The van der Waals surface area contributed by atoms with Crippen LogP contribution >= 0.6 is 0 Å². The molecule has 1 unspecified atom stereocenters. The van der Waals surface area contributed by atoms with E-state index in [0.717, 1.165) is 11.0 Å². The molecule has 11 heteroatoms. The second kappa shape index (κ2) is 10.8. The zero-order valence-corrected chi connectivity index (χ0v) is 20.0. The number of likely N-dealkylation sites (tertiary alicyclic amines) is 1. The van der Waals surface area contributed by atoms with Crippen LogP contribution in [0, 0.1) is 0 Å². The van der Waals surface area contributed by atoms with E-state index in [1.165, 1.54) is 37.0 Å². The average molecular weight is 504 g/mol. The summed E-state index contributed by atoms with van der Waals surface area (Å²) < 4.78 is 44.6. The normalized spacial score (nSPS) is 15.5. The molecule has 1 saturated heterocycles. The first-order valence-electron chi connectivity index (χ1n) is 11.4. The summed E-state index contributed by atoms with van der Waals surface area (Å²) in [5.74, 6) is 1.06. The number of halogens is 2. The van der Waals surface area contributed by atoms with Crippen LogP contribution in [0.3, 0.4) is 0 Å². The van der Waals surface area contributed by atoms with Gasteiger partial charge in [0.1, 0.15) is 19.1 Å². The highest BCUT2D eigenvalue weighted by Gasteiger charge is 2.27. The molecular formula is C25H27F2N3O6. The molecule has 1 aliphatic heterocycles. The summed E-state index contributed by atoms with van der Waals surface area (Å²) in [4.78, 5) is 40.0. The van der Waals surface area contributed by atoms with Crippen LogP contribution in [-0.2, 0) is 11.3 Å². The van der Waals surface area contributed by atoms with Gasteiger partial charge in [-0.3, -0.25) is 18.7 Å². The van der Waals surface area contributed by atoms with Gasteiger partial charge in [0.15, 0.2) is 17.6 Å². The lowest BCUT2D eigenvalue weighted by molar-refractivity contribution is -0.117. The highest BCUT2D eigenvalue weighted by Crippen LogP contribution is 2.28. The molecule has 9 nitrogen and oxygen atoms in total. The second-order valence-electron chi connectivity index (χ2n) is 8.50. The summed E-state index contributed by atoms with van der Waals surface area (Å²) in [6, 6.07) is 9.13. The van der Waals surface area contributed by atoms with Gasteiger partial charge in [-0.1, -0.05) is 6.07 Å². The molecule has 1 aromatic heterocycles. The van der Waals surface area contributed by atoms with Crippen molar-refractivity contribution in [1.29, 1.82) is 0 Å². The Kier molecular flexibility index (Phi) is 7.56. The molecule has 192 valence electrons. The fraction of sp³-hybridized carbons (Fsp3) is 0.400. The topological polar surface area (TPSA) is 92.0 Å². The zero-order chi connectivity index (χ0) is 25.8. The molecule has 0 N–H and O–H groups in total. The smallest absolute Gasteiger partial charge is 0.332 e. The molecule has 1 amide bonds. The van der Waals surface area contributed by atoms with Gasteiger partial charge in [0.2, 0.25) is 6.41 Å². The van der Waals surface area contributed by atoms with Crippen molar-refractivity contribution in [3.05, 3.63) is 62.8 Å². The van der Waals surface area contributed by atoms with Crippen molar-refractivity contribution < 1.29 is 27.8 Å². The van der Waals surface area contributed by atoms with Gasteiger partial charge in [-0.15, -0.1) is 0 Å². The van der Waals surface area contributed by atoms with E-state index in [4.69, 9.17) is 14.2 Å². The number of fused-ring (bicyclic) bond motifs is 1. The number of hydrogen-bond donors (Lipinski definition) is 0. The quantitative estimate of drug-likeness (QED) is 0.395. The van der Waals surface area contributed by atoms with Crippen LogP contribution in [0.5, 0.6) is 17.2 Å². The Bertz CT molecular complexity index is 1370. The Morgan fingerprint density at radius 2 is 1.81 bits per heavy atom. The van der Waals surface area contributed by atoms with Crippen LogP contribution in [0.4, 0.5) is 8.78 Å². The third kappa shape index (κ3) is 4.77. The molecule has 3 aromatic rings. The highest BCUT2D eigenvalue weighted by molar-refractivity contribution is 5.80. The number of amides is 1. The highest BCUT2D eigenvalue weighted by atomic mass is 19.1. The van der Waals surface area contributed by atoms with Crippen molar-refractivity contribution in [1.82, 2.24) is 14.0 Å². The molecule has 0 saturated carbocycles. The van der Waals surface area contributed by atoms with E-state index < -0.39 is 30.7 Å². The van der Waals surface area contributed by atoms with E-state index >= 15 is 0 Å². The maximum Gasteiger partial charge on any atom is 0.332 e. The van der Waals surface area contributed by atoms with Crippen LogP contribution < -0.4 is 25.5 Å². The summed E-state index contributed by atoms with van der Waals surface area (Å²) in [5, 5.41) is 0.161. The van der Waals surface area contributed by atoms with Crippen LogP contribution in [0.15, 0.2) is 46.0 Å². The van der Waals surface area contributed by atoms with Gasteiger partial charge < -0.3 is 19.1 Å². The SMILES string of the molecule is COc1ccc(Cn2c(=O)c3cc(OC(CF)CF)ccc3n(C3CCN(C=O)C3)c2=O)cc1OC. The first-order valence-corrected chi connectivity index (χ1v) is 11.4. The van der Waals surface area contributed by atoms with Crippen molar-refractivity contribution in [3.8, 4) is 17.2 Å². The third-order valence-corrected chi connectivity index (χ3v) is 6.28. The van der Waals surface area contributed by atoms with Gasteiger partial charge in [-0.25, -0.2) is 13.6 Å². The predicted molar refractivity (Wildman–Crippen MR) is 129 cm³/mol. The van der Waals surface area contributed by atoms with Crippen LogP contribution in [-0.4, -0.2) is 67.2 Å². The Morgan fingerprint density at radius 1 is 1.06 bits per heavy atom. The molecule has 0 radical (unpaired) electrons. The number of benzene rings is 2. The molecule has 2 aromatic carbocycles. The number of aromatic nitrogens is 2. The lowest BCUT2D eigenvalue weighted by Crippen LogP contribution is -2.42. The molecule has 1 aliphatic rings. The van der Waals surface area contributed by atoms with Crippen LogP contribution in [0.2, 0.25) is 0 Å². The number of alkyl halides is 2. The Hall–Kier alpha value is -3.89. The summed E-state index contributed by atoms with van der Waals surface area (Å²) in [6.45, 7) is -1.31. The summed E-state index contributed by atoms with van der Waals surface area (Å²) in [6.07, 6.45) is -0.0301. The van der Waals surface area contributed by atoms with E-state index in [-0.39, 0.29) is 23.7 Å². The summed E-state index contributed by atoms with van der Waals surface area (Å²) >= 11 is 0. The van der Waals surface area contributed by atoms with Crippen LogP contribution in [0.1, 0.15) is 18.0 Å². The zero-order valence-electron chi connectivity index (χ0n) is 20.0. The van der Waals surface area contributed by atoms with Gasteiger partial charge in [-0.2, -0.15) is 0 Å². The van der Waals surface area contributed by atoms with Crippen molar-refractivity contribution in [3.63, 3.8) is 0 Å². The average Bonchev–Trinajstić information content (AvgIpc) is 3.38. The van der Waals surface area contributed by atoms with Gasteiger partial charge in [0.25, 0.3) is 5.56 Å². The predicted octanol–water partition coefficient (Wildman–Crippen LogP) is 2.32. The van der Waals surface area contributed by atoms with E-state index in [9.17, 15) is 23.2 Å². The largest absolute Gasteiger partial charge is 0.493 e. The number of carbonyl (C=O) groups excluding carboxylic acids is 1. The lowest BCUT2D eigenvalue weighted by atomic mass is 10.1. The Labute approximate surface area is 205 Å². The minimum Gasteiger partial charge on any atom is -0.493 e. The summed E-state index contributed by atoms with van der Waals surface area (Å²) in [5.41, 5.74) is -0.121. The molecule has 0 bridgehead atoms. The number of nitrogens with zero attached hydrogens (tertiary/aromatic N) is 3. The van der Waals surface area contributed by atoms with E-state index in [2.05, 4.69) is 0 Å². The van der Waals surface area contributed by atoms with Gasteiger partial charge >= 0.3 is 5.69 Å². The number of hydrogen-bond acceptors (Lipinski definition) is 6. The molecule has 2 heterocycles. The number of rotatable bonds is 10. The molecular weight excluding hydrogens is 476 g/mol. The minimum atomic E-state index is -1.29. The maximum absolute atomic E-state index is 13.7. The standard InChI is InChI=1S/C25H27F2N3O6/c1-34-22-6-3-16(9-23(22)35-2)13-29-24(32)20-10-18(36-19(11-26)12-27)4-5-21(20)30(25(29)33)17-7-8-28(14-17)15-31/h3-6,9-10,15,17,19H,7-8,11-14H2,1-2H3. The molecule has 1 atom stereocenters. The number of carbonyl (C=O) groups is 1. The van der Waals surface area contributed by atoms with Crippen molar-refractivity contribution in [2.24, 2.45) is 0 Å². The summed E-state index contributed by atoms with van der Waals surface area (Å²) in [7, 11) is 2.99. The molecule has 0 spiro atoms. The number of ether oxygens (including phenoxy) is 3. The fourth-order valence-electron chi connectivity index (χ4n) is 4.46. The van der Waals surface area contributed by atoms with Crippen molar-refractivity contribution in [2.75, 3.05) is 40.7 Å². The third-order valence-electron chi connectivity index (χ3n) is 6.28. The molecule has 4 rings (SSSR count). The van der Waals surface area contributed by atoms with Crippen LogP contribution in [0.25, 0.3) is 10.9 Å². The Balaban J connectivity index is 1.87. The van der Waals surface area contributed by atoms with Crippen molar-refractivity contribution in [2.45, 2.75) is 25.1 Å². The second-order valence-corrected chi connectivity index (χ2v) is 8.50. The first kappa shape index (κ1) is 25.2. The van der Waals surface area contributed by atoms with E-state index in [0.29, 0.717) is 42.1 Å². The van der Waals surface area contributed by atoms with Gasteiger partial charge in [-0.05, 0) is 42.3 Å².